The van der Waals surface area contributed by atoms with Crippen LogP contribution in [0.4, 0.5) is 23.3 Å². The van der Waals surface area contributed by atoms with Gasteiger partial charge in [0.1, 0.15) is 11.6 Å². The van der Waals surface area contributed by atoms with Gasteiger partial charge >= 0.3 is 0 Å². The van der Waals surface area contributed by atoms with Crippen molar-refractivity contribution in [3.05, 3.63) is 34.5 Å². The van der Waals surface area contributed by atoms with Gasteiger partial charge in [-0.05, 0) is 32.0 Å². The monoisotopic (exact) mass is 448 g/mol. The van der Waals surface area contributed by atoms with E-state index in [0.29, 0.717) is 39.5 Å². The number of piperazine rings is 1. The largest absolute Gasteiger partial charge is 0.368 e. The van der Waals surface area contributed by atoms with Gasteiger partial charge in [-0.1, -0.05) is 11.6 Å². The molecule has 10 nitrogen and oxygen atoms in total. The molecule has 1 aliphatic heterocycles. The number of nitriles is 2. The van der Waals surface area contributed by atoms with Gasteiger partial charge in [-0.3, -0.25) is 0 Å². The first kappa shape index (κ1) is 20.3. The van der Waals surface area contributed by atoms with E-state index in [9.17, 15) is 10.5 Å². The summed E-state index contributed by atoms with van der Waals surface area (Å²) in [6.07, 6.45) is 3.59. The maximum Gasteiger partial charge on any atom is 0.232 e. The Labute approximate surface area is 190 Å². The van der Waals surface area contributed by atoms with Crippen molar-refractivity contribution in [1.29, 1.82) is 10.5 Å². The minimum atomic E-state index is 0.277. The highest BCUT2D eigenvalue weighted by Crippen LogP contribution is 2.36. The predicted octanol–water partition coefficient (Wildman–Crippen LogP) is 2.59. The van der Waals surface area contributed by atoms with Crippen LogP contribution in [0.25, 0.3) is 5.65 Å². The topological polar surface area (TPSA) is 121 Å². The van der Waals surface area contributed by atoms with Gasteiger partial charge in [-0.25, -0.2) is 0 Å². The molecule has 2 aromatic heterocycles. The first-order valence-electron chi connectivity index (χ1n) is 10.4. The highest BCUT2D eigenvalue weighted by atomic mass is 35.5. The number of hydrogen-bond acceptors (Lipinski definition) is 9. The van der Waals surface area contributed by atoms with E-state index < -0.39 is 0 Å². The average molecular weight is 449 g/mol. The summed E-state index contributed by atoms with van der Waals surface area (Å²) in [4.78, 5) is 13.5. The highest BCUT2D eigenvalue weighted by Gasteiger charge is 2.25. The maximum atomic E-state index is 9.58. The average Bonchev–Trinajstić information content (AvgIpc) is 3.52. The van der Waals surface area contributed by atoms with E-state index in [1.807, 2.05) is 6.07 Å². The van der Waals surface area contributed by atoms with Gasteiger partial charge in [0, 0.05) is 32.2 Å². The molecule has 3 heterocycles. The Balaban J connectivity index is 1.54. The second-order valence-corrected chi connectivity index (χ2v) is 8.46. The van der Waals surface area contributed by atoms with Crippen molar-refractivity contribution in [3.63, 3.8) is 0 Å². The Kier molecular flexibility index (Phi) is 5.17. The molecule has 1 aromatic carbocycles. The van der Waals surface area contributed by atoms with Crippen LogP contribution in [-0.4, -0.2) is 63.8 Å². The molecule has 2 aliphatic rings. The fourth-order valence-electron chi connectivity index (χ4n) is 3.68. The van der Waals surface area contributed by atoms with Crippen molar-refractivity contribution in [2.75, 3.05) is 48.8 Å². The van der Waals surface area contributed by atoms with Crippen LogP contribution in [-0.2, 0) is 0 Å². The summed E-state index contributed by atoms with van der Waals surface area (Å²) < 4.78 is 1.53. The molecule has 0 amide bonds. The Bertz CT molecular complexity index is 1260. The molecule has 11 heteroatoms. The van der Waals surface area contributed by atoms with E-state index in [2.05, 4.69) is 54.7 Å². The predicted molar refractivity (Wildman–Crippen MR) is 121 cm³/mol. The maximum absolute atomic E-state index is 9.58. The van der Waals surface area contributed by atoms with Crippen LogP contribution in [0.3, 0.4) is 0 Å². The lowest BCUT2D eigenvalue weighted by Gasteiger charge is -2.35. The molecule has 0 atom stereocenters. The minimum absolute atomic E-state index is 0.277. The molecule has 0 radical (unpaired) electrons. The zero-order valence-corrected chi connectivity index (χ0v) is 18.3. The van der Waals surface area contributed by atoms with E-state index in [4.69, 9.17) is 11.6 Å². The van der Waals surface area contributed by atoms with Gasteiger partial charge in [0.15, 0.2) is 5.65 Å². The summed E-state index contributed by atoms with van der Waals surface area (Å²) in [5, 5.41) is 30.3. The van der Waals surface area contributed by atoms with Crippen molar-refractivity contribution in [3.8, 4) is 12.1 Å². The van der Waals surface area contributed by atoms with Crippen LogP contribution in [0.15, 0.2) is 18.3 Å². The van der Waals surface area contributed by atoms with E-state index in [0.717, 1.165) is 44.7 Å². The smallest absolute Gasteiger partial charge is 0.232 e. The van der Waals surface area contributed by atoms with Crippen molar-refractivity contribution >= 4 is 40.5 Å². The van der Waals surface area contributed by atoms with Crippen LogP contribution in [0, 0.1) is 22.7 Å². The number of benzene rings is 1. The number of fused-ring (bicyclic) bond motifs is 1. The minimum Gasteiger partial charge on any atom is -0.368 e. The highest BCUT2D eigenvalue weighted by molar-refractivity contribution is 6.36. The van der Waals surface area contributed by atoms with Gasteiger partial charge in [-0.15, -0.1) is 0 Å². The van der Waals surface area contributed by atoms with Crippen LogP contribution in [0.5, 0.6) is 0 Å². The van der Waals surface area contributed by atoms with Crippen molar-refractivity contribution in [1.82, 2.24) is 24.5 Å². The van der Waals surface area contributed by atoms with Crippen LogP contribution in [0.2, 0.25) is 5.02 Å². The molecule has 2 N–H and O–H groups in total. The summed E-state index contributed by atoms with van der Waals surface area (Å²) >= 11 is 6.78. The number of rotatable bonds is 5. The summed E-state index contributed by atoms with van der Waals surface area (Å²) in [7, 11) is 2.09. The second-order valence-electron chi connectivity index (χ2n) is 8.08. The van der Waals surface area contributed by atoms with E-state index >= 15 is 0 Å². The summed E-state index contributed by atoms with van der Waals surface area (Å²) in [5.41, 5.74) is 2.59. The van der Waals surface area contributed by atoms with E-state index in [1.54, 1.807) is 6.07 Å². The summed E-state index contributed by atoms with van der Waals surface area (Å²) in [6.45, 7) is 3.49. The van der Waals surface area contributed by atoms with Crippen molar-refractivity contribution in [2.24, 2.45) is 0 Å². The lowest BCUT2D eigenvalue weighted by molar-refractivity contribution is 0.313. The number of nitrogens with one attached hydrogen (secondary N) is 2. The molecular formula is C21H21ClN10. The standard InChI is InChI=1S/C21H21ClN10/c1-30-4-6-31(7-5-30)17-9-13(10-23)8-16(18(17)22)27-20-28-19-14(11-24)12-25-32(19)21(29-20)26-15-2-3-15/h8-9,12,15H,2-7H2,1H3,(H2,26,27,28,29). The lowest BCUT2D eigenvalue weighted by Crippen LogP contribution is -2.44. The normalized spacial score (nSPS) is 16.6. The molecule has 162 valence electrons. The Morgan fingerprint density at radius 1 is 1.09 bits per heavy atom. The zero-order valence-electron chi connectivity index (χ0n) is 17.5. The molecule has 1 saturated heterocycles. The van der Waals surface area contributed by atoms with Crippen LogP contribution < -0.4 is 15.5 Å². The molecule has 3 aromatic rings. The fourth-order valence-corrected chi connectivity index (χ4v) is 3.95. The first-order valence-corrected chi connectivity index (χ1v) is 10.8. The summed E-state index contributed by atoms with van der Waals surface area (Å²) in [5.74, 6) is 0.785. The SMILES string of the molecule is CN1CCN(c2cc(C#N)cc(Nc3nc(NC4CC4)n4ncc(C#N)c4n3)c2Cl)CC1. The third-order valence-electron chi connectivity index (χ3n) is 5.67. The number of anilines is 4. The number of nitrogens with zero attached hydrogens (tertiary/aromatic N) is 8. The second kappa shape index (κ2) is 8.15. The van der Waals surface area contributed by atoms with Crippen LogP contribution in [0.1, 0.15) is 24.0 Å². The Hall–Kier alpha value is -3.60. The molecular weight excluding hydrogens is 428 g/mol. The van der Waals surface area contributed by atoms with Gasteiger partial charge in [0.2, 0.25) is 11.9 Å². The third kappa shape index (κ3) is 3.86. The van der Waals surface area contributed by atoms with Gasteiger partial charge in [0.05, 0.1) is 34.2 Å². The fraction of sp³-hybridized carbons (Fsp3) is 0.381. The molecule has 0 bridgehead atoms. The van der Waals surface area contributed by atoms with Crippen molar-refractivity contribution < 1.29 is 0 Å². The number of hydrogen-bond donors (Lipinski definition) is 2. The molecule has 0 spiro atoms. The molecule has 1 saturated carbocycles. The Morgan fingerprint density at radius 3 is 2.56 bits per heavy atom. The number of halogens is 1. The Morgan fingerprint density at radius 2 is 1.88 bits per heavy atom. The number of likely N-dealkylation sites (N-methyl/N-ethyl adjacent to an activating group) is 1. The molecule has 32 heavy (non-hydrogen) atoms. The molecule has 5 rings (SSSR count). The van der Waals surface area contributed by atoms with Gasteiger partial charge in [-0.2, -0.15) is 30.1 Å². The summed E-state index contributed by atoms with van der Waals surface area (Å²) in [6, 6.07) is 8.16. The van der Waals surface area contributed by atoms with E-state index in [-0.39, 0.29) is 5.95 Å². The molecule has 0 unspecified atom stereocenters. The lowest BCUT2D eigenvalue weighted by atomic mass is 10.1. The van der Waals surface area contributed by atoms with E-state index in [1.165, 1.54) is 10.7 Å². The molecule has 1 aliphatic carbocycles. The van der Waals surface area contributed by atoms with Crippen molar-refractivity contribution in [2.45, 2.75) is 18.9 Å². The molecule has 2 fully saturated rings. The van der Waals surface area contributed by atoms with Crippen LogP contribution >= 0.6 is 11.6 Å². The zero-order chi connectivity index (χ0) is 22.2. The number of aromatic nitrogens is 4. The first-order chi connectivity index (χ1) is 15.6. The van der Waals surface area contributed by atoms with Gasteiger partial charge < -0.3 is 20.4 Å². The van der Waals surface area contributed by atoms with Gasteiger partial charge in [0.25, 0.3) is 0 Å². The quantitative estimate of drug-likeness (QED) is 0.606. The third-order valence-corrected chi connectivity index (χ3v) is 6.07.